The zero-order valence-corrected chi connectivity index (χ0v) is 16.1. The van der Waals surface area contributed by atoms with Gasteiger partial charge in [-0.05, 0) is 44.2 Å². The Hall–Kier alpha value is -2.64. The highest BCUT2D eigenvalue weighted by atomic mass is 35.5. The second-order valence-electron chi connectivity index (χ2n) is 5.69. The molecule has 0 spiro atoms. The van der Waals surface area contributed by atoms with Crippen LogP contribution in [-0.2, 0) is 5.75 Å². The first kappa shape index (κ1) is 19.1. The number of esters is 1. The number of carbonyl (C=O) groups is 1. The van der Waals surface area contributed by atoms with Crippen molar-refractivity contribution in [3.8, 4) is 5.75 Å². The highest BCUT2D eigenvalue weighted by Crippen LogP contribution is 2.20. The number of ether oxygens (including phenoxy) is 1. The number of hydrogen-bond acceptors (Lipinski definition) is 7. The van der Waals surface area contributed by atoms with Crippen molar-refractivity contribution in [1.29, 1.82) is 0 Å². The van der Waals surface area contributed by atoms with Gasteiger partial charge in [-0.1, -0.05) is 23.4 Å². The Morgan fingerprint density at radius 1 is 1.15 bits per heavy atom. The Labute approximate surface area is 164 Å². The highest BCUT2D eigenvalue weighted by Gasteiger charge is 2.13. The number of thioether (sulfide) groups is 1. The summed E-state index contributed by atoms with van der Waals surface area (Å²) in [5.74, 6) is -0.0288. The van der Waals surface area contributed by atoms with Crippen molar-refractivity contribution in [1.82, 2.24) is 9.97 Å². The second-order valence-corrected chi connectivity index (χ2v) is 7.07. The molecule has 1 aromatic carbocycles. The van der Waals surface area contributed by atoms with E-state index in [1.807, 2.05) is 19.9 Å². The van der Waals surface area contributed by atoms with Crippen LogP contribution in [0.3, 0.4) is 0 Å². The van der Waals surface area contributed by atoms with Crippen molar-refractivity contribution in [3.05, 3.63) is 80.6 Å². The molecule has 3 rings (SSSR count). The van der Waals surface area contributed by atoms with E-state index in [0.717, 1.165) is 17.7 Å². The van der Waals surface area contributed by atoms with Crippen LogP contribution < -0.4 is 10.2 Å². The lowest BCUT2D eigenvalue weighted by molar-refractivity contribution is 0.0729. The predicted octanol–water partition coefficient (Wildman–Crippen LogP) is 4.21. The molecule has 6 nitrogen and oxygen atoms in total. The fourth-order valence-electron chi connectivity index (χ4n) is 2.23. The van der Waals surface area contributed by atoms with Crippen LogP contribution in [-0.4, -0.2) is 15.9 Å². The average Bonchev–Trinajstić information content (AvgIpc) is 2.62. The standard InChI is InChI=1S/C19H15ClN2O4S/c1-11-7-12(2)22-19(21-11)27-10-15-8-16(23)17(9-25-15)26-18(24)13-3-5-14(20)6-4-13/h3-9H,10H2,1-2H3. The Morgan fingerprint density at radius 3 is 2.44 bits per heavy atom. The maximum absolute atomic E-state index is 12.2. The van der Waals surface area contributed by atoms with E-state index in [4.69, 9.17) is 20.8 Å². The summed E-state index contributed by atoms with van der Waals surface area (Å²) in [6.45, 7) is 3.78. The van der Waals surface area contributed by atoms with Crippen LogP contribution >= 0.6 is 23.4 Å². The predicted molar refractivity (Wildman–Crippen MR) is 102 cm³/mol. The Kier molecular flexibility index (Phi) is 5.93. The van der Waals surface area contributed by atoms with Crippen molar-refractivity contribution in [2.24, 2.45) is 0 Å². The third-order valence-corrected chi connectivity index (χ3v) is 4.56. The van der Waals surface area contributed by atoms with E-state index in [9.17, 15) is 9.59 Å². The number of halogens is 1. The van der Waals surface area contributed by atoms with Crippen molar-refractivity contribution >= 4 is 29.3 Å². The Bertz CT molecular complexity index is 1010. The summed E-state index contributed by atoms with van der Waals surface area (Å²) in [6.07, 6.45) is 1.13. The number of carbonyl (C=O) groups excluding carboxylic acids is 1. The Balaban J connectivity index is 1.67. The molecule has 0 amide bonds. The van der Waals surface area contributed by atoms with Crippen LogP contribution in [0.2, 0.25) is 5.02 Å². The minimum atomic E-state index is -0.662. The fourth-order valence-corrected chi connectivity index (χ4v) is 3.19. The van der Waals surface area contributed by atoms with Gasteiger partial charge in [0.1, 0.15) is 12.0 Å². The molecular weight excluding hydrogens is 388 g/mol. The molecule has 2 heterocycles. The van der Waals surface area contributed by atoms with Gasteiger partial charge in [0.2, 0.25) is 11.2 Å². The van der Waals surface area contributed by atoms with Gasteiger partial charge in [0.05, 0.1) is 11.3 Å². The molecule has 0 aliphatic heterocycles. The zero-order valence-electron chi connectivity index (χ0n) is 14.6. The Morgan fingerprint density at radius 2 is 1.81 bits per heavy atom. The molecule has 0 aliphatic rings. The molecule has 27 heavy (non-hydrogen) atoms. The minimum absolute atomic E-state index is 0.175. The van der Waals surface area contributed by atoms with Crippen LogP contribution in [0.4, 0.5) is 0 Å². The molecule has 8 heteroatoms. The maximum Gasteiger partial charge on any atom is 0.343 e. The summed E-state index contributed by atoms with van der Waals surface area (Å²) in [4.78, 5) is 32.9. The van der Waals surface area contributed by atoms with E-state index in [1.54, 1.807) is 12.1 Å². The summed E-state index contributed by atoms with van der Waals surface area (Å²) in [5.41, 5.74) is 1.58. The normalized spacial score (nSPS) is 10.6. The van der Waals surface area contributed by atoms with Crippen LogP contribution in [0.15, 0.2) is 57.0 Å². The highest BCUT2D eigenvalue weighted by molar-refractivity contribution is 7.98. The average molecular weight is 403 g/mol. The molecule has 0 N–H and O–H groups in total. The number of nitrogens with zero attached hydrogens (tertiary/aromatic N) is 2. The molecule has 0 unspecified atom stereocenters. The third-order valence-electron chi connectivity index (χ3n) is 3.44. The van der Waals surface area contributed by atoms with Gasteiger partial charge < -0.3 is 9.15 Å². The molecule has 0 atom stereocenters. The summed E-state index contributed by atoms with van der Waals surface area (Å²) in [7, 11) is 0. The molecule has 0 radical (unpaired) electrons. The first-order valence-corrected chi connectivity index (χ1v) is 9.31. The molecule has 0 bridgehead atoms. The fraction of sp³-hybridized carbons (Fsp3) is 0.158. The molecule has 0 saturated heterocycles. The molecule has 0 saturated carbocycles. The van der Waals surface area contributed by atoms with Gasteiger partial charge in [-0.2, -0.15) is 0 Å². The van der Waals surface area contributed by atoms with E-state index in [-0.39, 0.29) is 11.3 Å². The molecule has 0 fully saturated rings. The maximum atomic E-state index is 12.2. The molecule has 3 aromatic rings. The molecule has 2 aromatic heterocycles. The van der Waals surface area contributed by atoms with Crippen LogP contribution in [0.25, 0.3) is 0 Å². The quantitative estimate of drug-likeness (QED) is 0.359. The van der Waals surface area contributed by atoms with Crippen molar-refractivity contribution in [2.45, 2.75) is 24.8 Å². The molecular formula is C19H15ClN2O4S. The largest absolute Gasteiger partial charge is 0.464 e. The van der Waals surface area contributed by atoms with Gasteiger partial charge in [0, 0.05) is 22.5 Å². The summed E-state index contributed by atoms with van der Waals surface area (Å²) < 4.78 is 10.5. The first-order valence-electron chi connectivity index (χ1n) is 7.95. The van der Waals surface area contributed by atoms with E-state index in [1.165, 1.54) is 30.0 Å². The van der Waals surface area contributed by atoms with E-state index in [2.05, 4.69) is 9.97 Å². The van der Waals surface area contributed by atoms with Crippen LogP contribution in [0.1, 0.15) is 27.5 Å². The lowest BCUT2D eigenvalue weighted by Gasteiger charge is -2.05. The lowest BCUT2D eigenvalue weighted by Crippen LogP contribution is -2.14. The first-order chi connectivity index (χ1) is 12.9. The van der Waals surface area contributed by atoms with Gasteiger partial charge in [-0.15, -0.1) is 0 Å². The van der Waals surface area contributed by atoms with Gasteiger partial charge in [-0.25, -0.2) is 14.8 Å². The van der Waals surface area contributed by atoms with Crippen molar-refractivity contribution < 1.29 is 13.9 Å². The SMILES string of the molecule is Cc1cc(C)nc(SCc2cc(=O)c(OC(=O)c3ccc(Cl)cc3)co2)n1. The number of hydrogen-bond donors (Lipinski definition) is 0. The van der Waals surface area contributed by atoms with Crippen LogP contribution in [0.5, 0.6) is 5.75 Å². The minimum Gasteiger partial charge on any atom is -0.464 e. The zero-order chi connectivity index (χ0) is 19.4. The number of benzene rings is 1. The lowest BCUT2D eigenvalue weighted by atomic mass is 10.2. The molecule has 0 aliphatic carbocycles. The third kappa shape index (κ3) is 5.18. The van der Waals surface area contributed by atoms with Crippen molar-refractivity contribution in [2.75, 3.05) is 0 Å². The monoisotopic (exact) mass is 402 g/mol. The van der Waals surface area contributed by atoms with Gasteiger partial charge in [0.25, 0.3) is 0 Å². The van der Waals surface area contributed by atoms with E-state index < -0.39 is 11.4 Å². The topological polar surface area (TPSA) is 82.3 Å². The summed E-state index contributed by atoms with van der Waals surface area (Å²) >= 11 is 7.14. The van der Waals surface area contributed by atoms with Crippen molar-refractivity contribution in [3.63, 3.8) is 0 Å². The summed E-state index contributed by atoms with van der Waals surface area (Å²) in [6, 6.07) is 9.34. The molecule has 138 valence electrons. The van der Waals surface area contributed by atoms with Gasteiger partial charge >= 0.3 is 5.97 Å². The van der Waals surface area contributed by atoms with Gasteiger partial charge in [0.15, 0.2) is 5.16 Å². The summed E-state index contributed by atoms with van der Waals surface area (Å²) in [5, 5.41) is 1.11. The number of rotatable bonds is 5. The van der Waals surface area contributed by atoms with E-state index >= 15 is 0 Å². The van der Waals surface area contributed by atoms with Gasteiger partial charge in [-0.3, -0.25) is 4.79 Å². The van der Waals surface area contributed by atoms with Crippen LogP contribution in [0, 0.1) is 13.8 Å². The van der Waals surface area contributed by atoms with E-state index in [0.29, 0.717) is 21.7 Å². The number of aromatic nitrogens is 2. The second kappa shape index (κ2) is 8.37. The number of aryl methyl sites for hydroxylation is 2. The smallest absolute Gasteiger partial charge is 0.343 e.